The maximum atomic E-state index is 12.7. The lowest BCUT2D eigenvalue weighted by molar-refractivity contribution is 0.0398. The third kappa shape index (κ3) is 3.96. The maximum absolute atomic E-state index is 12.7. The number of aromatic nitrogens is 2. The van der Waals surface area contributed by atoms with Gasteiger partial charge in [0.1, 0.15) is 0 Å². The summed E-state index contributed by atoms with van der Waals surface area (Å²) in [7, 11) is 0. The van der Waals surface area contributed by atoms with Gasteiger partial charge in [-0.05, 0) is 12.8 Å². The monoisotopic (exact) mass is 349 g/mol. The van der Waals surface area contributed by atoms with Crippen molar-refractivity contribution in [2.45, 2.75) is 31.5 Å². The van der Waals surface area contributed by atoms with E-state index in [1.165, 1.54) is 18.5 Å². The molecule has 0 aromatic carbocycles. The zero-order chi connectivity index (χ0) is 17.2. The molecule has 3 fully saturated rings. The highest BCUT2D eigenvalue weighted by Crippen LogP contribution is 2.35. The summed E-state index contributed by atoms with van der Waals surface area (Å²) in [4.78, 5) is 22.8. The molecule has 3 aliphatic rings. The third-order valence-corrected chi connectivity index (χ3v) is 5.21. The minimum absolute atomic E-state index is 0.0206. The number of rotatable bonds is 3. The van der Waals surface area contributed by atoms with E-state index in [0.717, 1.165) is 13.1 Å². The quantitative estimate of drug-likeness (QED) is 0.841. The molecule has 0 unspecified atom stereocenters. The Kier molecular flexibility index (Phi) is 4.91. The Morgan fingerprint density at radius 2 is 1.96 bits per heavy atom. The molecule has 0 radical (unpaired) electrons. The normalized spacial score (nSPS) is 25.9. The number of nitrogens with zero attached hydrogens (tertiary/aromatic N) is 5. The Labute approximate surface area is 148 Å². The van der Waals surface area contributed by atoms with E-state index < -0.39 is 6.10 Å². The van der Waals surface area contributed by atoms with Crippen LogP contribution in [-0.4, -0.2) is 94.0 Å². The molecule has 25 heavy (non-hydrogen) atoms. The first-order valence-electron chi connectivity index (χ1n) is 9.23. The molecular formula is C17H27N5O3. The summed E-state index contributed by atoms with van der Waals surface area (Å²) in [5, 5.41) is 10.4. The van der Waals surface area contributed by atoms with Crippen LogP contribution in [0.1, 0.15) is 24.6 Å². The van der Waals surface area contributed by atoms with Gasteiger partial charge in [0.15, 0.2) is 0 Å². The number of morpholine rings is 1. The van der Waals surface area contributed by atoms with E-state index in [4.69, 9.17) is 4.74 Å². The van der Waals surface area contributed by atoms with Crippen molar-refractivity contribution in [2.24, 2.45) is 0 Å². The van der Waals surface area contributed by atoms with E-state index in [9.17, 15) is 9.90 Å². The molecule has 3 heterocycles. The summed E-state index contributed by atoms with van der Waals surface area (Å²) >= 11 is 0. The van der Waals surface area contributed by atoms with Crippen LogP contribution in [0.5, 0.6) is 0 Å². The molecule has 1 saturated carbocycles. The molecule has 1 aliphatic carbocycles. The first kappa shape index (κ1) is 16.8. The van der Waals surface area contributed by atoms with Crippen molar-refractivity contribution >= 4 is 6.03 Å². The molecule has 1 aromatic heterocycles. The van der Waals surface area contributed by atoms with Crippen LogP contribution in [0.25, 0.3) is 0 Å². The van der Waals surface area contributed by atoms with Crippen LogP contribution >= 0.6 is 0 Å². The van der Waals surface area contributed by atoms with Gasteiger partial charge in [-0.3, -0.25) is 4.90 Å². The van der Waals surface area contributed by atoms with E-state index >= 15 is 0 Å². The van der Waals surface area contributed by atoms with Crippen molar-refractivity contribution in [3.8, 4) is 0 Å². The number of carbonyl (C=O) groups excluding carboxylic acids is 1. The third-order valence-electron chi connectivity index (χ3n) is 5.21. The van der Waals surface area contributed by atoms with Gasteiger partial charge in [0.2, 0.25) is 0 Å². The first-order valence-corrected chi connectivity index (χ1v) is 9.23. The molecule has 1 aromatic rings. The van der Waals surface area contributed by atoms with Gasteiger partial charge in [-0.15, -0.1) is 0 Å². The van der Waals surface area contributed by atoms with Gasteiger partial charge in [-0.25, -0.2) is 9.78 Å². The Morgan fingerprint density at radius 1 is 1.16 bits per heavy atom. The SMILES string of the molecule is O=C(N1CCOCC1)N1CCN(Cc2cncn2C2CC2)C[C@H](O)C1. The van der Waals surface area contributed by atoms with Gasteiger partial charge < -0.3 is 24.2 Å². The van der Waals surface area contributed by atoms with Crippen molar-refractivity contribution in [1.29, 1.82) is 0 Å². The van der Waals surface area contributed by atoms with Crippen molar-refractivity contribution in [2.75, 3.05) is 52.5 Å². The summed E-state index contributed by atoms with van der Waals surface area (Å²) in [6.07, 6.45) is 5.77. The highest BCUT2D eigenvalue weighted by atomic mass is 16.5. The maximum Gasteiger partial charge on any atom is 0.320 e. The number of hydrogen-bond donors (Lipinski definition) is 1. The standard InChI is InChI=1S/C17H27N5O3/c23-16-11-19(10-15-9-18-13-22(15)14-1-2-14)3-4-21(12-16)17(24)20-5-7-25-8-6-20/h9,13-14,16,23H,1-8,10-12H2/t16-/m0/s1. The van der Waals surface area contributed by atoms with E-state index in [2.05, 4.69) is 14.5 Å². The van der Waals surface area contributed by atoms with E-state index in [-0.39, 0.29) is 6.03 Å². The molecule has 0 bridgehead atoms. The predicted molar refractivity (Wildman–Crippen MR) is 91.1 cm³/mol. The second kappa shape index (κ2) is 7.31. The predicted octanol–water partition coefficient (Wildman–Crippen LogP) is 0.149. The summed E-state index contributed by atoms with van der Waals surface area (Å²) in [6.45, 7) is 5.63. The van der Waals surface area contributed by atoms with Crippen LogP contribution in [-0.2, 0) is 11.3 Å². The highest BCUT2D eigenvalue weighted by molar-refractivity contribution is 5.74. The van der Waals surface area contributed by atoms with Gasteiger partial charge in [-0.2, -0.15) is 0 Å². The minimum Gasteiger partial charge on any atom is -0.390 e. The summed E-state index contributed by atoms with van der Waals surface area (Å²) in [5.41, 5.74) is 1.20. The number of urea groups is 1. The molecule has 138 valence electrons. The van der Waals surface area contributed by atoms with Crippen LogP contribution in [0.4, 0.5) is 4.79 Å². The number of amides is 2. The molecule has 1 atom stereocenters. The van der Waals surface area contributed by atoms with Crippen LogP contribution in [0.2, 0.25) is 0 Å². The zero-order valence-corrected chi connectivity index (χ0v) is 14.6. The molecule has 2 aliphatic heterocycles. The number of imidazole rings is 1. The largest absolute Gasteiger partial charge is 0.390 e. The van der Waals surface area contributed by atoms with Crippen LogP contribution in [0.3, 0.4) is 0 Å². The van der Waals surface area contributed by atoms with E-state index in [1.54, 1.807) is 4.90 Å². The second-order valence-electron chi connectivity index (χ2n) is 7.24. The van der Waals surface area contributed by atoms with Gasteiger partial charge in [0, 0.05) is 58.1 Å². The lowest BCUT2D eigenvalue weighted by atomic mass is 10.3. The summed E-state index contributed by atoms with van der Waals surface area (Å²) < 4.78 is 7.57. The number of aliphatic hydroxyl groups is 1. The van der Waals surface area contributed by atoms with E-state index in [1.807, 2.05) is 17.4 Å². The Bertz CT molecular complexity index is 597. The number of hydrogen-bond acceptors (Lipinski definition) is 5. The van der Waals surface area contributed by atoms with Crippen molar-refractivity contribution < 1.29 is 14.6 Å². The Balaban J connectivity index is 1.37. The van der Waals surface area contributed by atoms with Crippen molar-refractivity contribution in [3.05, 3.63) is 18.2 Å². The number of carbonyl (C=O) groups is 1. The van der Waals surface area contributed by atoms with Crippen molar-refractivity contribution in [1.82, 2.24) is 24.3 Å². The Hall–Kier alpha value is -1.64. The van der Waals surface area contributed by atoms with Gasteiger partial charge in [0.25, 0.3) is 0 Å². The molecule has 4 rings (SSSR count). The average Bonchev–Trinajstić information content (AvgIpc) is 3.40. The Morgan fingerprint density at radius 3 is 2.72 bits per heavy atom. The molecular weight excluding hydrogens is 322 g/mol. The lowest BCUT2D eigenvalue weighted by Crippen LogP contribution is -2.50. The summed E-state index contributed by atoms with van der Waals surface area (Å²) in [5.74, 6) is 0. The van der Waals surface area contributed by atoms with E-state index in [0.29, 0.717) is 52.0 Å². The lowest BCUT2D eigenvalue weighted by Gasteiger charge is -2.32. The average molecular weight is 349 g/mol. The first-order chi connectivity index (χ1) is 12.2. The number of ether oxygens (including phenoxy) is 1. The molecule has 2 saturated heterocycles. The molecule has 2 amide bonds. The number of aliphatic hydroxyl groups excluding tert-OH is 1. The van der Waals surface area contributed by atoms with Crippen molar-refractivity contribution in [3.63, 3.8) is 0 Å². The topological polar surface area (TPSA) is 74.1 Å². The second-order valence-corrected chi connectivity index (χ2v) is 7.24. The van der Waals surface area contributed by atoms with Crippen LogP contribution in [0.15, 0.2) is 12.5 Å². The smallest absolute Gasteiger partial charge is 0.320 e. The molecule has 8 nitrogen and oxygen atoms in total. The van der Waals surface area contributed by atoms with Gasteiger partial charge in [0.05, 0.1) is 31.3 Å². The van der Waals surface area contributed by atoms with Crippen LogP contribution < -0.4 is 0 Å². The molecule has 8 heteroatoms. The fraction of sp³-hybridized carbons (Fsp3) is 0.765. The van der Waals surface area contributed by atoms with Gasteiger partial charge >= 0.3 is 6.03 Å². The minimum atomic E-state index is -0.523. The molecule has 0 spiro atoms. The zero-order valence-electron chi connectivity index (χ0n) is 14.6. The fourth-order valence-corrected chi connectivity index (χ4v) is 3.69. The van der Waals surface area contributed by atoms with Crippen LogP contribution in [0, 0.1) is 0 Å². The fourth-order valence-electron chi connectivity index (χ4n) is 3.69. The van der Waals surface area contributed by atoms with Gasteiger partial charge in [-0.1, -0.05) is 0 Å². The molecule has 1 N–H and O–H groups in total. The number of β-amino-alcohol motifs (C(OH)–C–C–N with tert-alkyl or cyclic N) is 1. The summed E-state index contributed by atoms with van der Waals surface area (Å²) in [6, 6.07) is 0.626. The highest BCUT2D eigenvalue weighted by Gasteiger charge is 2.30.